The van der Waals surface area contributed by atoms with Crippen LogP contribution in [0.5, 0.6) is 11.5 Å². The SMILES string of the molecule is Cc1ccn2c(Nc3ccc4c(c3)OCCO4)c(-c3ccc4c(c3)CN(C3CCC(=O)NC3=O)C4O)nc2c1. The van der Waals surface area contributed by atoms with Crippen LogP contribution in [0.2, 0.25) is 0 Å². The number of aryl methyl sites for hydroxylation is 1. The van der Waals surface area contributed by atoms with Crippen LogP contribution in [0.15, 0.2) is 54.7 Å². The van der Waals surface area contributed by atoms with Crippen LogP contribution < -0.4 is 20.1 Å². The highest BCUT2D eigenvalue weighted by molar-refractivity contribution is 6.00. The summed E-state index contributed by atoms with van der Waals surface area (Å²) >= 11 is 0. The predicted molar refractivity (Wildman–Crippen MR) is 143 cm³/mol. The largest absolute Gasteiger partial charge is 0.486 e. The number of anilines is 2. The summed E-state index contributed by atoms with van der Waals surface area (Å²) in [4.78, 5) is 30.8. The second-order valence-electron chi connectivity index (χ2n) is 10.2. The van der Waals surface area contributed by atoms with Gasteiger partial charge in [0.25, 0.3) is 0 Å². The molecule has 10 nitrogen and oxygen atoms in total. The van der Waals surface area contributed by atoms with Crippen molar-refractivity contribution >= 4 is 29.0 Å². The summed E-state index contributed by atoms with van der Waals surface area (Å²) in [5.41, 5.74) is 6.05. The van der Waals surface area contributed by atoms with Crippen molar-refractivity contribution < 1.29 is 24.2 Å². The van der Waals surface area contributed by atoms with Crippen LogP contribution in [-0.4, -0.2) is 50.5 Å². The number of amides is 2. The first-order chi connectivity index (χ1) is 18.9. The molecule has 5 heterocycles. The molecule has 0 radical (unpaired) electrons. The topological polar surface area (TPSA) is 117 Å². The maximum atomic E-state index is 12.5. The molecule has 0 spiro atoms. The lowest BCUT2D eigenvalue weighted by Crippen LogP contribution is -2.51. The fraction of sp³-hybridized carbons (Fsp3) is 0.276. The molecule has 3 aliphatic rings. The van der Waals surface area contributed by atoms with Gasteiger partial charge in [-0.1, -0.05) is 12.1 Å². The Morgan fingerprint density at radius 2 is 1.90 bits per heavy atom. The van der Waals surface area contributed by atoms with Crippen molar-refractivity contribution in [1.29, 1.82) is 0 Å². The van der Waals surface area contributed by atoms with Gasteiger partial charge in [-0.05, 0) is 60.4 Å². The van der Waals surface area contributed by atoms with Gasteiger partial charge in [0.05, 0.1) is 6.04 Å². The molecule has 39 heavy (non-hydrogen) atoms. The van der Waals surface area contributed by atoms with Crippen LogP contribution in [0.3, 0.4) is 0 Å². The molecule has 0 bridgehead atoms. The number of benzene rings is 2. The summed E-state index contributed by atoms with van der Waals surface area (Å²) in [6.45, 7) is 3.47. The van der Waals surface area contributed by atoms with Crippen LogP contribution in [0.25, 0.3) is 16.9 Å². The van der Waals surface area contributed by atoms with E-state index in [1.54, 1.807) is 4.90 Å². The number of aliphatic hydroxyl groups is 1. The first-order valence-corrected chi connectivity index (χ1v) is 13.0. The average Bonchev–Trinajstić information content (AvgIpc) is 3.45. The number of nitrogens with one attached hydrogen (secondary N) is 2. The predicted octanol–water partition coefficient (Wildman–Crippen LogP) is 3.44. The zero-order valence-electron chi connectivity index (χ0n) is 21.3. The van der Waals surface area contributed by atoms with Crippen LogP contribution in [-0.2, 0) is 16.1 Å². The highest BCUT2D eigenvalue weighted by atomic mass is 16.6. The van der Waals surface area contributed by atoms with E-state index < -0.39 is 12.3 Å². The van der Waals surface area contributed by atoms with Crippen molar-refractivity contribution in [3.8, 4) is 22.8 Å². The highest BCUT2D eigenvalue weighted by Crippen LogP contribution is 2.40. The van der Waals surface area contributed by atoms with Crippen molar-refractivity contribution in [3.63, 3.8) is 0 Å². The minimum Gasteiger partial charge on any atom is -0.486 e. The van der Waals surface area contributed by atoms with E-state index in [0.717, 1.165) is 50.8 Å². The van der Waals surface area contributed by atoms with Crippen LogP contribution in [0.1, 0.15) is 35.8 Å². The van der Waals surface area contributed by atoms with Crippen LogP contribution in [0, 0.1) is 6.92 Å². The molecule has 2 amide bonds. The third-order valence-electron chi connectivity index (χ3n) is 7.56. The lowest BCUT2D eigenvalue weighted by atomic mass is 10.0. The number of carbonyl (C=O) groups excluding carboxylic acids is 2. The lowest BCUT2D eigenvalue weighted by molar-refractivity contribution is -0.141. The van der Waals surface area contributed by atoms with Gasteiger partial charge in [-0.15, -0.1) is 0 Å². The smallest absolute Gasteiger partial charge is 0.244 e. The second kappa shape index (κ2) is 9.11. The molecule has 1 saturated heterocycles. The fourth-order valence-corrected chi connectivity index (χ4v) is 5.61. The molecular weight excluding hydrogens is 498 g/mol. The van der Waals surface area contributed by atoms with Gasteiger partial charge in [-0.25, -0.2) is 4.98 Å². The Bertz CT molecular complexity index is 1650. The normalized spacial score (nSPS) is 20.7. The van der Waals surface area contributed by atoms with E-state index in [9.17, 15) is 14.7 Å². The van der Waals surface area contributed by atoms with E-state index in [2.05, 4.69) is 10.6 Å². The van der Waals surface area contributed by atoms with Gasteiger partial charge in [0.1, 0.15) is 36.6 Å². The van der Waals surface area contributed by atoms with Crippen LogP contribution >= 0.6 is 0 Å². The van der Waals surface area contributed by atoms with Crippen molar-refractivity contribution in [2.45, 2.75) is 38.6 Å². The summed E-state index contributed by atoms with van der Waals surface area (Å²) < 4.78 is 13.5. The number of imide groups is 1. The van der Waals surface area contributed by atoms with Crippen LogP contribution in [0.4, 0.5) is 11.5 Å². The van der Waals surface area contributed by atoms with Gasteiger partial charge < -0.3 is 19.9 Å². The molecule has 0 saturated carbocycles. The molecule has 3 aliphatic heterocycles. The molecular formula is C29H27N5O5. The number of rotatable bonds is 4. The summed E-state index contributed by atoms with van der Waals surface area (Å²) in [6, 6.07) is 15.1. The van der Waals surface area contributed by atoms with E-state index in [1.807, 2.05) is 66.1 Å². The van der Waals surface area contributed by atoms with Gasteiger partial charge in [0.2, 0.25) is 11.8 Å². The molecule has 1 fully saturated rings. The Morgan fingerprint density at radius 1 is 1.05 bits per heavy atom. The summed E-state index contributed by atoms with van der Waals surface area (Å²) in [5, 5.41) is 17.0. The minimum atomic E-state index is -0.919. The highest BCUT2D eigenvalue weighted by Gasteiger charge is 2.39. The lowest BCUT2D eigenvalue weighted by Gasteiger charge is -2.31. The number of hydrogen-bond acceptors (Lipinski definition) is 8. The Morgan fingerprint density at radius 3 is 2.74 bits per heavy atom. The number of hydrogen-bond donors (Lipinski definition) is 3. The monoisotopic (exact) mass is 525 g/mol. The van der Waals surface area contributed by atoms with Gasteiger partial charge >= 0.3 is 0 Å². The van der Waals surface area contributed by atoms with Crippen molar-refractivity contribution in [1.82, 2.24) is 19.6 Å². The van der Waals surface area contributed by atoms with Gasteiger partial charge in [0, 0.05) is 36.5 Å². The number of fused-ring (bicyclic) bond motifs is 3. The zero-order valence-corrected chi connectivity index (χ0v) is 21.3. The van der Waals surface area contributed by atoms with Gasteiger partial charge in [-0.3, -0.25) is 24.2 Å². The molecule has 198 valence electrons. The Balaban J connectivity index is 1.25. The molecule has 2 aromatic carbocycles. The number of nitrogens with zero attached hydrogens (tertiary/aromatic N) is 3. The molecule has 10 heteroatoms. The Hall–Kier alpha value is -4.41. The maximum Gasteiger partial charge on any atom is 0.244 e. The standard InChI is InChI=1S/C29H27N5O5/c1-16-8-9-33-24(12-16)31-26(27(33)30-19-3-6-22-23(14-19)39-11-10-38-22)17-2-4-20-18(13-17)15-34(29(20)37)21-5-7-25(35)32-28(21)36/h2-4,6,8-9,12-14,21,29-30,37H,5,7,10-11,15H2,1H3,(H,32,35,36). The number of ether oxygens (including phenoxy) is 2. The third kappa shape index (κ3) is 4.08. The number of pyridine rings is 1. The molecule has 2 unspecified atom stereocenters. The number of carbonyl (C=O) groups is 2. The summed E-state index contributed by atoms with van der Waals surface area (Å²) in [6.07, 6.45) is 1.72. The van der Waals surface area contributed by atoms with E-state index in [4.69, 9.17) is 14.5 Å². The maximum absolute atomic E-state index is 12.5. The number of imidazole rings is 1. The zero-order chi connectivity index (χ0) is 26.7. The van der Waals surface area contributed by atoms with Crippen molar-refractivity contribution in [2.24, 2.45) is 0 Å². The summed E-state index contributed by atoms with van der Waals surface area (Å²) in [5.74, 6) is 1.57. The second-order valence-corrected chi connectivity index (χ2v) is 10.2. The summed E-state index contributed by atoms with van der Waals surface area (Å²) in [7, 11) is 0. The average molecular weight is 526 g/mol. The number of aliphatic hydroxyl groups excluding tert-OH is 1. The molecule has 4 aromatic rings. The number of aromatic nitrogens is 2. The Labute approximate surface area is 224 Å². The quantitative estimate of drug-likeness (QED) is 0.347. The molecule has 7 rings (SSSR count). The molecule has 2 atom stereocenters. The third-order valence-corrected chi connectivity index (χ3v) is 7.56. The first-order valence-electron chi connectivity index (χ1n) is 13.0. The van der Waals surface area contributed by atoms with Gasteiger partial charge in [-0.2, -0.15) is 0 Å². The Kier molecular flexibility index (Phi) is 5.53. The number of piperidine rings is 1. The van der Waals surface area contributed by atoms with E-state index in [1.165, 1.54) is 0 Å². The van der Waals surface area contributed by atoms with E-state index >= 15 is 0 Å². The van der Waals surface area contributed by atoms with Gasteiger partial charge in [0.15, 0.2) is 11.5 Å². The fourth-order valence-electron chi connectivity index (χ4n) is 5.61. The van der Waals surface area contributed by atoms with E-state index in [0.29, 0.717) is 31.9 Å². The minimum absolute atomic E-state index is 0.261. The molecule has 2 aromatic heterocycles. The van der Waals surface area contributed by atoms with E-state index in [-0.39, 0.29) is 18.2 Å². The van der Waals surface area contributed by atoms with Crippen molar-refractivity contribution in [3.05, 3.63) is 71.4 Å². The first kappa shape index (κ1) is 23.7. The van der Waals surface area contributed by atoms with Crippen molar-refractivity contribution in [2.75, 3.05) is 18.5 Å². The molecule has 3 N–H and O–H groups in total. The molecule has 0 aliphatic carbocycles.